The Morgan fingerprint density at radius 1 is 1.00 bits per heavy atom. The van der Waals surface area contributed by atoms with Crippen LogP contribution in [0.1, 0.15) is 48.0 Å². The van der Waals surface area contributed by atoms with Gasteiger partial charge in [-0.1, -0.05) is 48.1 Å². The monoisotopic (exact) mass is 193 g/mol. The molecule has 1 rings (SSSR count). The van der Waals surface area contributed by atoms with E-state index >= 15 is 0 Å². The van der Waals surface area contributed by atoms with Crippen molar-refractivity contribution < 1.29 is 0 Å². The summed E-state index contributed by atoms with van der Waals surface area (Å²) in [4.78, 5) is 0. The van der Waals surface area contributed by atoms with E-state index in [0.29, 0.717) is 0 Å². The van der Waals surface area contributed by atoms with E-state index in [-0.39, 0.29) is 10.8 Å². The van der Waals surface area contributed by atoms with Crippen molar-refractivity contribution in [3.63, 3.8) is 0 Å². The van der Waals surface area contributed by atoms with Crippen molar-refractivity contribution in [3.05, 3.63) is 23.5 Å². The highest BCUT2D eigenvalue weighted by molar-refractivity contribution is 5.35. The highest BCUT2D eigenvalue weighted by Crippen LogP contribution is 2.41. The average molecular weight is 193 g/mol. The van der Waals surface area contributed by atoms with Crippen LogP contribution in [0.3, 0.4) is 0 Å². The maximum atomic E-state index is 4.03. The van der Waals surface area contributed by atoms with Crippen molar-refractivity contribution in [2.24, 2.45) is 10.8 Å². The standard InChI is InChI=1S/C13H23N/c1-9-8-10(12(2,3)4)11(14-9)13(5,6)7/h14H,1,8H2,2-7H3. The van der Waals surface area contributed by atoms with Crippen LogP contribution in [-0.2, 0) is 0 Å². The second kappa shape index (κ2) is 3.15. The number of rotatable bonds is 0. The van der Waals surface area contributed by atoms with E-state index in [2.05, 4.69) is 53.4 Å². The first-order valence-electron chi connectivity index (χ1n) is 5.31. The van der Waals surface area contributed by atoms with Crippen molar-refractivity contribution in [1.82, 2.24) is 5.32 Å². The first-order valence-corrected chi connectivity index (χ1v) is 5.31. The highest BCUT2D eigenvalue weighted by Gasteiger charge is 2.32. The minimum absolute atomic E-state index is 0.196. The van der Waals surface area contributed by atoms with Gasteiger partial charge in [0, 0.05) is 23.2 Å². The summed E-state index contributed by atoms with van der Waals surface area (Å²) in [6, 6.07) is 0. The third-order valence-electron chi connectivity index (χ3n) is 2.65. The molecule has 0 spiro atoms. The van der Waals surface area contributed by atoms with Crippen molar-refractivity contribution in [2.45, 2.75) is 48.0 Å². The zero-order chi connectivity index (χ0) is 11.1. The van der Waals surface area contributed by atoms with Crippen LogP contribution in [0.4, 0.5) is 0 Å². The van der Waals surface area contributed by atoms with Gasteiger partial charge in [-0.05, 0) is 11.0 Å². The minimum atomic E-state index is 0.196. The van der Waals surface area contributed by atoms with Crippen LogP contribution in [-0.4, -0.2) is 0 Å². The quantitative estimate of drug-likeness (QED) is 0.616. The Bertz CT molecular complexity index is 253. The number of allylic oxidation sites excluding steroid dienone is 2. The normalized spacial score (nSPS) is 18.9. The zero-order valence-corrected chi connectivity index (χ0v) is 10.4. The molecule has 1 N–H and O–H groups in total. The van der Waals surface area contributed by atoms with E-state index in [0.717, 1.165) is 12.1 Å². The number of hydrogen-bond donors (Lipinski definition) is 1. The van der Waals surface area contributed by atoms with Crippen LogP contribution in [0.5, 0.6) is 0 Å². The zero-order valence-electron chi connectivity index (χ0n) is 10.4. The fourth-order valence-electron chi connectivity index (χ4n) is 1.88. The molecule has 0 aliphatic carbocycles. The molecular formula is C13H23N. The maximum Gasteiger partial charge on any atom is 0.0204 e. The molecule has 0 unspecified atom stereocenters. The third kappa shape index (κ3) is 2.20. The van der Waals surface area contributed by atoms with E-state index in [1.807, 2.05) is 0 Å². The van der Waals surface area contributed by atoms with Crippen molar-refractivity contribution in [1.29, 1.82) is 0 Å². The van der Waals surface area contributed by atoms with Gasteiger partial charge in [-0.2, -0.15) is 0 Å². The van der Waals surface area contributed by atoms with Crippen LogP contribution >= 0.6 is 0 Å². The Morgan fingerprint density at radius 3 is 1.79 bits per heavy atom. The molecule has 1 heteroatoms. The first kappa shape index (κ1) is 11.4. The fourth-order valence-corrected chi connectivity index (χ4v) is 1.88. The summed E-state index contributed by atoms with van der Waals surface area (Å²) in [6.07, 6.45) is 1.01. The Balaban J connectivity index is 3.14. The first-order chi connectivity index (χ1) is 6.12. The van der Waals surface area contributed by atoms with Gasteiger partial charge in [0.25, 0.3) is 0 Å². The van der Waals surface area contributed by atoms with E-state index in [1.165, 1.54) is 11.3 Å². The van der Waals surface area contributed by atoms with Gasteiger partial charge in [0.1, 0.15) is 0 Å². The summed E-state index contributed by atoms with van der Waals surface area (Å²) >= 11 is 0. The smallest absolute Gasteiger partial charge is 0.0204 e. The fraction of sp³-hybridized carbons (Fsp3) is 0.692. The van der Waals surface area contributed by atoms with Crippen molar-refractivity contribution in [2.75, 3.05) is 0 Å². The van der Waals surface area contributed by atoms with E-state index in [1.54, 1.807) is 0 Å². The van der Waals surface area contributed by atoms with Crippen LogP contribution in [0.2, 0.25) is 0 Å². The number of nitrogens with one attached hydrogen (secondary N) is 1. The van der Waals surface area contributed by atoms with Crippen LogP contribution in [0.25, 0.3) is 0 Å². The van der Waals surface area contributed by atoms with Gasteiger partial charge in [-0.3, -0.25) is 0 Å². The SMILES string of the molecule is C=C1CC(C(C)(C)C)=C(C(C)(C)C)N1. The van der Waals surface area contributed by atoms with Gasteiger partial charge in [-0.15, -0.1) is 0 Å². The van der Waals surface area contributed by atoms with Crippen LogP contribution in [0.15, 0.2) is 23.5 Å². The summed E-state index contributed by atoms with van der Waals surface area (Å²) in [5.41, 5.74) is 4.46. The Morgan fingerprint density at radius 2 is 1.50 bits per heavy atom. The van der Waals surface area contributed by atoms with Crippen molar-refractivity contribution >= 4 is 0 Å². The van der Waals surface area contributed by atoms with Gasteiger partial charge in [0.15, 0.2) is 0 Å². The molecule has 1 nitrogen and oxygen atoms in total. The lowest BCUT2D eigenvalue weighted by Crippen LogP contribution is -2.22. The highest BCUT2D eigenvalue weighted by atomic mass is 14.9. The summed E-state index contributed by atoms with van der Waals surface area (Å²) < 4.78 is 0. The van der Waals surface area contributed by atoms with Gasteiger partial charge in [0.2, 0.25) is 0 Å². The largest absolute Gasteiger partial charge is 0.362 e. The Labute approximate surface area is 88.3 Å². The summed E-state index contributed by atoms with van der Waals surface area (Å²) in [5, 5.41) is 3.44. The van der Waals surface area contributed by atoms with E-state index in [9.17, 15) is 0 Å². The molecule has 0 bridgehead atoms. The van der Waals surface area contributed by atoms with E-state index in [4.69, 9.17) is 0 Å². The molecule has 0 radical (unpaired) electrons. The average Bonchev–Trinajstić information content (AvgIpc) is 2.27. The summed E-state index contributed by atoms with van der Waals surface area (Å²) in [5.74, 6) is 0. The summed E-state index contributed by atoms with van der Waals surface area (Å²) in [7, 11) is 0. The molecule has 1 aliphatic rings. The van der Waals surface area contributed by atoms with Gasteiger partial charge < -0.3 is 5.32 Å². The molecule has 0 saturated carbocycles. The third-order valence-corrected chi connectivity index (χ3v) is 2.65. The Kier molecular flexibility index (Phi) is 2.55. The molecule has 80 valence electrons. The Hall–Kier alpha value is -0.720. The molecule has 0 aromatic heterocycles. The lowest BCUT2D eigenvalue weighted by Gasteiger charge is -2.28. The second-order valence-electron chi connectivity index (χ2n) is 6.26. The molecule has 14 heavy (non-hydrogen) atoms. The predicted molar refractivity (Wildman–Crippen MR) is 62.8 cm³/mol. The van der Waals surface area contributed by atoms with Gasteiger partial charge in [-0.25, -0.2) is 0 Å². The van der Waals surface area contributed by atoms with Gasteiger partial charge in [0.05, 0.1) is 0 Å². The topological polar surface area (TPSA) is 12.0 Å². The lowest BCUT2D eigenvalue weighted by molar-refractivity contribution is 0.437. The lowest BCUT2D eigenvalue weighted by atomic mass is 9.79. The molecule has 1 heterocycles. The van der Waals surface area contributed by atoms with E-state index < -0.39 is 0 Å². The molecule has 0 atom stereocenters. The molecule has 1 aliphatic heterocycles. The molecule has 0 saturated heterocycles. The van der Waals surface area contributed by atoms with Gasteiger partial charge >= 0.3 is 0 Å². The summed E-state index contributed by atoms with van der Waals surface area (Å²) in [6.45, 7) is 17.6. The minimum Gasteiger partial charge on any atom is -0.362 e. The molecule has 0 aromatic carbocycles. The second-order valence-corrected chi connectivity index (χ2v) is 6.26. The maximum absolute atomic E-state index is 4.03. The molecular weight excluding hydrogens is 170 g/mol. The van der Waals surface area contributed by atoms with Crippen LogP contribution < -0.4 is 5.32 Å². The van der Waals surface area contributed by atoms with Crippen molar-refractivity contribution in [3.8, 4) is 0 Å². The molecule has 0 fully saturated rings. The molecule has 0 amide bonds. The van der Waals surface area contributed by atoms with Crippen LogP contribution in [0, 0.1) is 10.8 Å². The molecule has 0 aromatic rings. The predicted octanol–water partition coefficient (Wildman–Crippen LogP) is 3.84. The number of hydrogen-bond acceptors (Lipinski definition) is 1.